The minimum Gasteiger partial charge on any atom is -0.507 e. The van der Waals surface area contributed by atoms with Crippen molar-refractivity contribution in [3.8, 4) is 17.0 Å². The molecule has 0 atom stereocenters. The highest BCUT2D eigenvalue weighted by molar-refractivity contribution is 9.10. The first-order valence-corrected chi connectivity index (χ1v) is 4.87. The molecule has 0 aliphatic carbocycles. The first-order chi connectivity index (χ1) is 7.09. The monoisotopic (exact) mass is 271 g/mol. The number of hydrogen-bond acceptors (Lipinski definition) is 3. The van der Waals surface area contributed by atoms with Crippen molar-refractivity contribution < 1.29 is 9.50 Å². The Kier molecular flexibility index (Phi) is 2.36. The number of nitrogens with one attached hydrogen (secondary N) is 1. The van der Waals surface area contributed by atoms with Gasteiger partial charge in [-0.15, -0.1) is 0 Å². The third kappa shape index (κ3) is 1.68. The molecule has 4 nitrogen and oxygen atoms in total. The van der Waals surface area contributed by atoms with Crippen LogP contribution in [-0.2, 0) is 0 Å². The number of rotatable bonds is 1. The Balaban J connectivity index is 2.59. The maximum Gasteiger partial charge on any atom is 0.150 e. The zero-order valence-corrected chi connectivity index (χ0v) is 9.05. The summed E-state index contributed by atoms with van der Waals surface area (Å²) >= 11 is 2.94. The SMILES string of the molecule is Nc1cc(-c2ccc(O)c(Br)c2F)[nH]n1. The molecule has 78 valence electrons. The van der Waals surface area contributed by atoms with E-state index in [4.69, 9.17) is 5.73 Å². The van der Waals surface area contributed by atoms with E-state index in [2.05, 4.69) is 26.1 Å². The molecule has 4 N–H and O–H groups in total. The quantitative estimate of drug-likeness (QED) is 0.745. The fourth-order valence-electron chi connectivity index (χ4n) is 1.22. The summed E-state index contributed by atoms with van der Waals surface area (Å²) in [7, 11) is 0. The molecule has 0 aliphatic rings. The summed E-state index contributed by atoms with van der Waals surface area (Å²) in [6, 6.07) is 4.35. The van der Waals surface area contributed by atoms with Crippen LogP contribution in [0.4, 0.5) is 10.2 Å². The van der Waals surface area contributed by atoms with E-state index >= 15 is 0 Å². The Bertz CT molecular complexity index is 512. The number of H-pyrrole nitrogens is 1. The summed E-state index contributed by atoms with van der Waals surface area (Å²) in [5.74, 6) is -0.420. The lowest BCUT2D eigenvalue weighted by molar-refractivity contribution is 0.464. The molecule has 6 heteroatoms. The average molecular weight is 272 g/mol. The number of aromatic nitrogens is 2. The maximum atomic E-state index is 13.7. The van der Waals surface area contributed by atoms with E-state index in [1.165, 1.54) is 18.2 Å². The fraction of sp³-hybridized carbons (Fsp3) is 0. The second-order valence-electron chi connectivity index (χ2n) is 2.97. The van der Waals surface area contributed by atoms with Crippen molar-refractivity contribution in [1.29, 1.82) is 0 Å². The minimum atomic E-state index is -0.557. The number of nitrogen functional groups attached to an aromatic ring is 1. The number of anilines is 1. The molecule has 2 rings (SSSR count). The van der Waals surface area contributed by atoms with Gasteiger partial charge in [-0.25, -0.2) is 4.39 Å². The molecular weight excluding hydrogens is 265 g/mol. The number of halogens is 2. The van der Waals surface area contributed by atoms with Gasteiger partial charge in [-0.2, -0.15) is 5.10 Å². The lowest BCUT2D eigenvalue weighted by Gasteiger charge is -2.03. The number of hydrogen-bond donors (Lipinski definition) is 3. The second kappa shape index (κ2) is 3.54. The average Bonchev–Trinajstić information content (AvgIpc) is 2.61. The van der Waals surface area contributed by atoms with Gasteiger partial charge in [0.15, 0.2) is 0 Å². The summed E-state index contributed by atoms with van der Waals surface area (Å²) in [4.78, 5) is 0. The molecule has 1 aromatic heterocycles. The van der Waals surface area contributed by atoms with Crippen molar-refractivity contribution in [3.05, 3.63) is 28.5 Å². The largest absolute Gasteiger partial charge is 0.507 e. The smallest absolute Gasteiger partial charge is 0.150 e. The molecular formula is C9H7BrFN3O. The molecule has 0 fully saturated rings. The number of aromatic amines is 1. The number of phenolic OH excluding ortho intramolecular Hbond substituents is 1. The summed E-state index contributed by atoms with van der Waals surface area (Å²) in [5.41, 5.74) is 6.17. The molecule has 0 spiro atoms. The third-order valence-corrected chi connectivity index (χ3v) is 2.70. The summed E-state index contributed by atoms with van der Waals surface area (Å²) in [5, 5.41) is 15.5. The van der Waals surface area contributed by atoms with Crippen molar-refractivity contribution in [2.45, 2.75) is 0 Å². The van der Waals surface area contributed by atoms with Gasteiger partial charge in [0.25, 0.3) is 0 Å². The molecule has 0 amide bonds. The van der Waals surface area contributed by atoms with E-state index in [1.54, 1.807) is 0 Å². The van der Waals surface area contributed by atoms with Crippen LogP contribution >= 0.6 is 15.9 Å². The molecule has 0 bridgehead atoms. The predicted octanol–water partition coefficient (Wildman–Crippen LogP) is 2.27. The lowest BCUT2D eigenvalue weighted by Crippen LogP contribution is -1.86. The van der Waals surface area contributed by atoms with E-state index in [9.17, 15) is 9.50 Å². The number of phenols is 1. The van der Waals surface area contributed by atoms with Crippen LogP contribution in [0.25, 0.3) is 11.3 Å². The van der Waals surface area contributed by atoms with Gasteiger partial charge >= 0.3 is 0 Å². The normalized spacial score (nSPS) is 10.5. The Labute approximate surface area is 93.1 Å². The van der Waals surface area contributed by atoms with Gasteiger partial charge in [0, 0.05) is 11.6 Å². The van der Waals surface area contributed by atoms with Crippen molar-refractivity contribution in [3.63, 3.8) is 0 Å². The minimum absolute atomic E-state index is 0.0215. The molecule has 0 saturated carbocycles. The topological polar surface area (TPSA) is 74.9 Å². The van der Waals surface area contributed by atoms with Crippen LogP contribution in [0.2, 0.25) is 0 Å². The molecule has 15 heavy (non-hydrogen) atoms. The number of nitrogens with two attached hydrogens (primary N) is 1. The second-order valence-corrected chi connectivity index (χ2v) is 3.76. The van der Waals surface area contributed by atoms with Gasteiger partial charge in [0.1, 0.15) is 17.4 Å². The Morgan fingerprint density at radius 3 is 2.80 bits per heavy atom. The van der Waals surface area contributed by atoms with Gasteiger partial charge in [0.05, 0.1) is 10.2 Å². The van der Waals surface area contributed by atoms with E-state index in [-0.39, 0.29) is 16.0 Å². The van der Waals surface area contributed by atoms with Gasteiger partial charge in [0.2, 0.25) is 0 Å². The predicted molar refractivity (Wildman–Crippen MR) is 57.8 cm³/mol. The Morgan fingerprint density at radius 2 is 2.20 bits per heavy atom. The molecule has 0 saturated heterocycles. The van der Waals surface area contributed by atoms with E-state index < -0.39 is 5.82 Å². The van der Waals surface area contributed by atoms with Crippen molar-refractivity contribution >= 4 is 21.7 Å². The van der Waals surface area contributed by atoms with Crippen molar-refractivity contribution in [2.75, 3.05) is 5.73 Å². The Hall–Kier alpha value is -1.56. The highest BCUT2D eigenvalue weighted by atomic mass is 79.9. The van der Waals surface area contributed by atoms with Gasteiger partial charge in [-0.3, -0.25) is 5.10 Å². The van der Waals surface area contributed by atoms with Crippen LogP contribution in [0.5, 0.6) is 5.75 Å². The Morgan fingerprint density at radius 1 is 1.47 bits per heavy atom. The number of benzene rings is 1. The zero-order chi connectivity index (χ0) is 11.0. The van der Waals surface area contributed by atoms with E-state index in [0.717, 1.165) is 0 Å². The van der Waals surface area contributed by atoms with Crippen LogP contribution in [0.1, 0.15) is 0 Å². The van der Waals surface area contributed by atoms with Crippen LogP contribution in [0, 0.1) is 5.82 Å². The number of nitrogens with zero attached hydrogens (tertiary/aromatic N) is 1. The molecule has 2 aromatic rings. The van der Waals surface area contributed by atoms with Crippen molar-refractivity contribution in [1.82, 2.24) is 10.2 Å². The van der Waals surface area contributed by atoms with Crippen molar-refractivity contribution in [2.24, 2.45) is 0 Å². The standard InChI is InChI=1S/C9H7BrFN3O/c10-8-6(15)2-1-4(9(8)11)5-3-7(12)14-13-5/h1-3,15H,(H3,12,13,14). The maximum absolute atomic E-state index is 13.7. The third-order valence-electron chi connectivity index (χ3n) is 1.95. The van der Waals surface area contributed by atoms with E-state index in [0.29, 0.717) is 11.3 Å². The first-order valence-electron chi connectivity index (χ1n) is 4.08. The highest BCUT2D eigenvalue weighted by Crippen LogP contribution is 2.33. The summed E-state index contributed by atoms with van der Waals surface area (Å²) in [6.45, 7) is 0. The zero-order valence-electron chi connectivity index (χ0n) is 7.46. The fourth-order valence-corrected chi connectivity index (χ4v) is 1.57. The lowest BCUT2D eigenvalue weighted by atomic mass is 10.1. The molecule has 1 aromatic carbocycles. The summed E-state index contributed by atoms with van der Waals surface area (Å²) < 4.78 is 13.7. The molecule has 1 heterocycles. The summed E-state index contributed by atoms with van der Waals surface area (Å²) in [6.07, 6.45) is 0. The number of aromatic hydroxyl groups is 1. The molecule has 0 aliphatic heterocycles. The van der Waals surface area contributed by atoms with Gasteiger partial charge < -0.3 is 10.8 Å². The van der Waals surface area contributed by atoms with Gasteiger partial charge in [-0.1, -0.05) is 0 Å². The highest BCUT2D eigenvalue weighted by Gasteiger charge is 2.13. The molecule has 0 unspecified atom stereocenters. The van der Waals surface area contributed by atoms with Gasteiger partial charge in [-0.05, 0) is 28.1 Å². The van der Waals surface area contributed by atoms with Crippen LogP contribution < -0.4 is 5.73 Å². The van der Waals surface area contributed by atoms with Crippen LogP contribution in [0.15, 0.2) is 22.7 Å². The first kappa shape index (κ1) is 9.97. The van der Waals surface area contributed by atoms with Crippen LogP contribution in [0.3, 0.4) is 0 Å². The van der Waals surface area contributed by atoms with E-state index in [1.807, 2.05) is 0 Å². The van der Waals surface area contributed by atoms with Crippen LogP contribution in [-0.4, -0.2) is 15.3 Å². The molecule has 0 radical (unpaired) electrons.